The fourth-order valence-electron chi connectivity index (χ4n) is 2.97. The number of benzene rings is 1. The second-order valence-electron chi connectivity index (χ2n) is 6.39. The van der Waals surface area contributed by atoms with Gasteiger partial charge in [-0.25, -0.2) is 9.78 Å². The molecule has 1 aliphatic rings. The van der Waals surface area contributed by atoms with Crippen molar-refractivity contribution in [1.29, 1.82) is 0 Å². The average Bonchev–Trinajstić information content (AvgIpc) is 3.14. The van der Waals surface area contributed by atoms with Crippen LogP contribution in [0.1, 0.15) is 28.6 Å². The molecule has 0 aliphatic carbocycles. The Bertz CT molecular complexity index is 867. The molecule has 0 fully saturated rings. The molecule has 1 atom stereocenters. The maximum atomic E-state index is 12.2. The molecule has 2 aromatic rings. The van der Waals surface area contributed by atoms with Crippen molar-refractivity contribution in [3.05, 3.63) is 51.9 Å². The minimum Gasteiger partial charge on any atom is -0.394 e. The van der Waals surface area contributed by atoms with E-state index in [4.69, 9.17) is 6.42 Å². The zero-order valence-electron chi connectivity index (χ0n) is 15.1. The third kappa shape index (κ3) is 4.95. The predicted octanol–water partition coefficient (Wildman–Crippen LogP) is 2.70. The first-order chi connectivity index (χ1) is 13.1. The number of hydrogen-bond donors (Lipinski definition) is 3. The van der Waals surface area contributed by atoms with Gasteiger partial charge in [-0.3, -0.25) is 5.32 Å². The summed E-state index contributed by atoms with van der Waals surface area (Å²) in [5.74, 6) is 2.82. The van der Waals surface area contributed by atoms with E-state index in [1.165, 1.54) is 16.9 Å². The van der Waals surface area contributed by atoms with Crippen molar-refractivity contribution in [3.8, 4) is 12.3 Å². The Morgan fingerprint density at radius 2 is 2.22 bits per heavy atom. The summed E-state index contributed by atoms with van der Waals surface area (Å²) >= 11 is 1.28. The number of terminal acetylenes is 1. The monoisotopic (exact) mass is 382 g/mol. The van der Waals surface area contributed by atoms with Crippen molar-refractivity contribution in [3.63, 3.8) is 0 Å². The molecule has 1 aliphatic heterocycles. The number of aliphatic hydroxyl groups excluding tert-OH is 1. The van der Waals surface area contributed by atoms with Crippen LogP contribution in [-0.4, -0.2) is 47.8 Å². The molecule has 0 saturated carbocycles. The fraction of sp³-hybridized carbons (Fsp3) is 0.300. The van der Waals surface area contributed by atoms with Gasteiger partial charge in [-0.15, -0.1) is 17.8 Å². The summed E-state index contributed by atoms with van der Waals surface area (Å²) in [4.78, 5) is 18.5. The first-order valence-corrected chi connectivity index (χ1v) is 9.55. The highest BCUT2D eigenvalue weighted by Gasteiger charge is 2.16. The van der Waals surface area contributed by atoms with Crippen molar-refractivity contribution in [2.75, 3.05) is 32.1 Å². The molecule has 3 N–H and O–H groups in total. The normalized spacial score (nSPS) is 15.5. The zero-order chi connectivity index (χ0) is 19.2. The molecule has 2 amide bonds. The van der Waals surface area contributed by atoms with Gasteiger partial charge in [-0.1, -0.05) is 30.3 Å². The molecule has 0 spiro atoms. The number of aliphatic hydroxyl groups is 1. The van der Waals surface area contributed by atoms with E-state index in [2.05, 4.69) is 39.6 Å². The number of thiazole rings is 1. The van der Waals surface area contributed by atoms with Gasteiger partial charge in [0.25, 0.3) is 0 Å². The number of anilines is 1. The predicted molar refractivity (Wildman–Crippen MR) is 109 cm³/mol. The van der Waals surface area contributed by atoms with Crippen LogP contribution in [0.25, 0.3) is 5.57 Å². The summed E-state index contributed by atoms with van der Waals surface area (Å²) in [6.07, 6.45) is 8.59. The van der Waals surface area contributed by atoms with E-state index in [9.17, 15) is 9.90 Å². The standard InChI is InChI=1S/C20H22N4O2S/c1-3-19-22-18(13-27-19)23-20(26)21-17(12-25)15-8-6-14(7-9-15)16-5-4-10-24(2)11-16/h1,5-9,13,17,25H,4,10-12H2,2H3,(H2,21,23,26)/t17-/m0/s1. The summed E-state index contributed by atoms with van der Waals surface area (Å²) in [5.41, 5.74) is 3.30. The Balaban J connectivity index is 1.63. The lowest BCUT2D eigenvalue weighted by atomic mass is 9.98. The Labute approximate surface area is 162 Å². The van der Waals surface area contributed by atoms with Gasteiger partial charge in [-0.05, 0) is 36.1 Å². The van der Waals surface area contributed by atoms with Gasteiger partial charge in [0.15, 0.2) is 5.01 Å². The summed E-state index contributed by atoms with van der Waals surface area (Å²) in [7, 11) is 2.11. The Morgan fingerprint density at radius 3 is 2.85 bits per heavy atom. The SMILES string of the molecule is C#Cc1nc(NC(=O)N[C@@H](CO)c2ccc(C3=CCCN(C)C3)cc2)cs1. The van der Waals surface area contributed by atoms with Gasteiger partial charge in [0.1, 0.15) is 5.82 Å². The number of likely N-dealkylation sites (N-methyl/N-ethyl adjacent to an activating group) is 1. The number of nitrogens with zero attached hydrogens (tertiary/aromatic N) is 2. The third-order valence-electron chi connectivity index (χ3n) is 4.38. The lowest BCUT2D eigenvalue weighted by Gasteiger charge is -2.23. The van der Waals surface area contributed by atoms with Crippen LogP contribution >= 0.6 is 11.3 Å². The maximum absolute atomic E-state index is 12.2. The van der Waals surface area contributed by atoms with Crippen molar-refractivity contribution in [2.45, 2.75) is 12.5 Å². The molecule has 0 unspecified atom stereocenters. The topological polar surface area (TPSA) is 77.5 Å². The number of hydrogen-bond acceptors (Lipinski definition) is 5. The van der Waals surface area contributed by atoms with Crippen LogP contribution in [0, 0.1) is 12.3 Å². The molecule has 3 rings (SSSR count). The molecule has 6 nitrogen and oxygen atoms in total. The molecule has 27 heavy (non-hydrogen) atoms. The van der Waals surface area contributed by atoms with Crippen LogP contribution in [0.2, 0.25) is 0 Å². The van der Waals surface area contributed by atoms with Gasteiger partial charge in [0.2, 0.25) is 0 Å². The maximum Gasteiger partial charge on any atom is 0.320 e. The van der Waals surface area contributed by atoms with E-state index in [-0.39, 0.29) is 6.61 Å². The molecule has 7 heteroatoms. The Morgan fingerprint density at radius 1 is 1.44 bits per heavy atom. The van der Waals surface area contributed by atoms with E-state index in [0.717, 1.165) is 30.6 Å². The molecule has 1 aromatic carbocycles. The van der Waals surface area contributed by atoms with Crippen molar-refractivity contribution in [1.82, 2.24) is 15.2 Å². The van der Waals surface area contributed by atoms with Crippen LogP contribution < -0.4 is 10.6 Å². The number of rotatable bonds is 5. The number of amides is 2. The first-order valence-electron chi connectivity index (χ1n) is 8.67. The summed E-state index contributed by atoms with van der Waals surface area (Å²) < 4.78 is 0. The van der Waals surface area contributed by atoms with E-state index < -0.39 is 12.1 Å². The molecule has 0 radical (unpaired) electrons. The highest BCUT2D eigenvalue weighted by molar-refractivity contribution is 7.10. The zero-order valence-corrected chi connectivity index (χ0v) is 15.9. The van der Waals surface area contributed by atoms with E-state index in [0.29, 0.717) is 10.8 Å². The van der Waals surface area contributed by atoms with E-state index in [1.807, 2.05) is 24.3 Å². The molecule has 0 bridgehead atoms. The number of carbonyl (C=O) groups excluding carboxylic acids is 1. The molecule has 1 aromatic heterocycles. The van der Waals surface area contributed by atoms with Gasteiger partial charge in [-0.2, -0.15) is 0 Å². The number of carbonyl (C=O) groups is 1. The van der Waals surface area contributed by atoms with Crippen molar-refractivity contribution < 1.29 is 9.90 Å². The number of aromatic nitrogens is 1. The third-order valence-corrected chi connectivity index (χ3v) is 5.16. The Hall–Kier alpha value is -2.66. The van der Waals surface area contributed by atoms with Gasteiger partial charge < -0.3 is 15.3 Å². The summed E-state index contributed by atoms with van der Waals surface area (Å²) in [5, 5.41) is 17.2. The van der Waals surface area contributed by atoms with Crippen LogP contribution in [0.4, 0.5) is 10.6 Å². The van der Waals surface area contributed by atoms with Gasteiger partial charge >= 0.3 is 6.03 Å². The van der Waals surface area contributed by atoms with Crippen LogP contribution in [0.3, 0.4) is 0 Å². The lowest BCUT2D eigenvalue weighted by molar-refractivity contribution is 0.225. The largest absolute Gasteiger partial charge is 0.394 e. The van der Waals surface area contributed by atoms with Crippen LogP contribution in [0.5, 0.6) is 0 Å². The van der Waals surface area contributed by atoms with E-state index >= 15 is 0 Å². The second kappa shape index (κ2) is 8.82. The van der Waals surface area contributed by atoms with Gasteiger partial charge in [0, 0.05) is 18.5 Å². The molecule has 2 heterocycles. The summed E-state index contributed by atoms with van der Waals surface area (Å²) in [6.45, 7) is 1.80. The number of nitrogens with one attached hydrogen (secondary N) is 2. The Kier molecular flexibility index (Phi) is 6.24. The number of urea groups is 1. The van der Waals surface area contributed by atoms with Gasteiger partial charge in [0.05, 0.1) is 12.6 Å². The fourth-order valence-corrected chi connectivity index (χ4v) is 3.53. The minimum absolute atomic E-state index is 0.204. The first kappa shape index (κ1) is 19.1. The average molecular weight is 382 g/mol. The smallest absolute Gasteiger partial charge is 0.320 e. The summed E-state index contributed by atoms with van der Waals surface area (Å²) in [6, 6.07) is 6.98. The van der Waals surface area contributed by atoms with Crippen molar-refractivity contribution in [2.24, 2.45) is 0 Å². The second-order valence-corrected chi connectivity index (χ2v) is 7.25. The molecular weight excluding hydrogens is 360 g/mol. The van der Waals surface area contributed by atoms with Crippen LogP contribution in [0.15, 0.2) is 35.7 Å². The molecule has 0 saturated heterocycles. The van der Waals surface area contributed by atoms with E-state index in [1.54, 1.807) is 5.38 Å². The quantitative estimate of drug-likeness (QED) is 0.695. The highest BCUT2D eigenvalue weighted by Crippen LogP contribution is 2.22. The highest BCUT2D eigenvalue weighted by atomic mass is 32.1. The minimum atomic E-state index is -0.507. The van der Waals surface area contributed by atoms with Crippen LogP contribution in [-0.2, 0) is 0 Å². The molecular formula is C20H22N4O2S. The molecule has 140 valence electrons. The lowest BCUT2D eigenvalue weighted by Crippen LogP contribution is -2.34. The van der Waals surface area contributed by atoms with Crippen molar-refractivity contribution >= 4 is 28.8 Å².